The molecule has 23 heavy (non-hydrogen) atoms. The zero-order valence-corrected chi connectivity index (χ0v) is 13.3. The number of benzene rings is 1. The molecule has 3 aromatic rings. The number of nitrogens with one attached hydrogen (secondary N) is 2. The molecule has 0 fully saturated rings. The standard InChI is InChI=1S/C16H21N5O2/c1-11-16-14(19-18-11)4-3-5-15(16)23-10-13(22)9-17-8-12-6-7-21(2)20-12/h3-7,13,17,22H,8-10H2,1-2H3,(H,18,19)/t13-/m0/s1. The molecule has 0 bridgehead atoms. The van der Waals surface area contributed by atoms with Gasteiger partial charge in [0.2, 0.25) is 0 Å². The van der Waals surface area contributed by atoms with Crippen LogP contribution in [-0.2, 0) is 13.6 Å². The minimum Gasteiger partial charge on any atom is -0.490 e. The summed E-state index contributed by atoms with van der Waals surface area (Å²) in [5.74, 6) is 0.734. The van der Waals surface area contributed by atoms with Gasteiger partial charge < -0.3 is 15.2 Å². The second-order valence-electron chi connectivity index (χ2n) is 5.58. The number of hydrogen-bond donors (Lipinski definition) is 3. The summed E-state index contributed by atoms with van der Waals surface area (Å²) < 4.78 is 7.51. The Balaban J connectivity index is 1.50. The Morgan fingerprint density at radius 1 is 1.39 bits per heavy atom. The number of ether oxygens (including phenoxy) is 1. The second kappa shape index (κ2) is 6.80. The lowest BCUT2D eigenvalue weighted by atomic mass is 10.2. The number of nitrogens with zero attached hydrogens (tertiary/aromatic N) is 3. The SMILES string of the molecule is Cc1[nH]nc2cccc(OC[C@@H](O)CNCc3ccn(C)n3)c12. The molecule has 0 aliphatic heterocycles. The van der Waals surface area contributed by atoms with Crippen LogP contribution >= 0.6 is 0 Å². The molecular weight excluding hydrogens is 294 g/mol. The highest BCUT2D eigenvalue weighted by atomic mass is 16.5. The largest absolute Gasteiger partial charge is 0.490 e. The lowest BCUT2D eigenvalue weighted by Crippen LogP contribution is -2.31. The maximum Gasteiger partial charge on any atom is 0.130 e. The van der Waals surface area contributed by atoms with Gasteiger partial charge >= 0.3 is 0 Å². The average Bonchev–Trinajstić information content (AvgIpc) is 3.12. The number of H-pyrrole nitrogens is 1. The van der Waals surface area contributed by atoms with Gasteiger partial charge in [-0.2, -0.15) is 10.2 Å². The van der Waals surface area contributed by atoms with Gasteiger partial charge in [-0.25, -0.2) is 0 Å². The van der Waals surface area contributed by atoms with E-state index in [1.807, 2.05) is 44.4 Å². The summed E-state index contributed by atoms with van der Waals surface area (Å²) in [6.07, 6.45) is 1.30. The van der Waals surface area contributed by atoms with Gasteiger partial charge in [0, 0.05) is 32.0 Å². The molecule has 3 N–H and O–H groups in total. The van der Waals surface area contributed by atoms with Crippen LogP contribution in [0.15, 0.2) is 30.5 Å². The Bertz CT molecular complexity index is 780. The molecule has 0 spiro atoms. The Kier molecular flexibility index (Phi) is 4.59. The van der Waals surface area contributed by atoms with Crippen molar-refractivity contribution in [2.45, 2.75) is 19.6 Å². The minimum absolute atomic E-state index is 0.221. The van der Waals surface area contributed by atoms with Crippen molar-refractivity contribution in [1.82, 2.24) is 25.3 Å². The van der Waals surface area contributed by atoms with Crippen LogP contribution < -0.4 is 10.1 Å². The van der Waals surface area contributed by atoms with Crippen LogP contribution in [0.3, 0.4) is 0 Å². The summed E-state index contributed by atoms with van der Waals surface area (Å²) in [5.41, 5.74) is 2.76. The number of fused-ring (bicyclic) bond motifs is 1. The molecule has 1 aromatic carbocycles. The van der Waals surface area contributed by atoms with Crippen LogP contribution in [0, 0.1) is 6.92 Å². The highest BCUT2D eigenvalue weighted by molar-refractivity contribution is 5.87. The van der Waals surface area contributed by atoms with Gasteiger partial charge in [-0.05, 0) is 25.1 Å². The Morgan fingerprint density at radius 2 is 2.26 bits per heavy atom. The number of aromatic amines is 1. The molecule has 0 unspecified atom stereocenters. The molecule has 0 aliphatic rings. The quantitative estimate of drug-likeness (QED) is 0.608. The van der Waals surface area contributed by atoms with Gasteiger partial charge in [-0.15, -0.1) is 0 Å². The summed E-state index contributed by atoms with van der Waals surface area (Å²) in [6, 6.07) is 7.65. The number of aliphatic hydroxyl groups excluding tert-OH is 1. The predicted octanol–water partition coefficient (Wildman–Crippen LogP) is 1.13. The Hall–Kier alpha value is -2.38. The van der Waals surface area contributed by atoms with Gasteiger partial charge in [0.1, 0.15) is 18.5 Å². The number of rotatable bonds is 7. The van der Waals surface area contributed by atoms with Crippen molar-refractivity contribution in [2.75, 3.05) is 13.2 Å². The summed E-state index contributed by atoms with van der Waals surface area (Å²) >= 11 is 0. The van der Waals surface area contributed by atoms with E-state index in [1.165, 1.54) is 0 Å². The maximum atomic E-state index is 10.0. The number of aliphatic hydroxyl groups is 1. The van der Waals surface area contributed by atoms with Crippen molar-refractivity contribution < 1.29 is 9.84 Å². The van der Waals surface area contributed by atoms with Crippen molar-refractivity contribution in [3.63, 3.8) is 0 Å². The van der Waals surface area contributed by atoms with Crippen LogP contribution in [0.1, 0.15) is 11.4 Å². The lowest BCUT2D eigenvalue weighted by molar-refractivity contribution is 0.107. The fourth-order valence-corrected chi connectivity index (χ4v) is 2.48. The van der Waals surface area contributed by atoms with E-state index >= 15 is 0 Å². The molecule has 122 valence electrons. The first-order chi connectivity index (χ1) is 11.1. The number of aryl methyl sites for hydroxylation is 2. The summed E-state index contributed by atoms with van der Waals surface area (Å²) in [7, 11) is 1.88. The second-order valence-corrected chi connectivity index (χ2v) is 5.58. The Labute approximate surface area is 134 Å². The number of hydrogen-bond acceptors (Lipinski definition) is 5. The fraction of sp³-hybridized carbons (Fsp3) is 0.375. The van der Waals surface area contributed by atoms with E-state index in [4.69, 9.17) is 4.74 Å². The first-order valence-corrected chi connectivity index (χ1v) is 7.57. The van der Waals surface area contributed by atoms with Crippen LogP contribution in [0.25, 0.3) is 10.9 Å². The third-order valence-corrected chi connectivity index (χ3v) is 3.61. The van der Waals surface area contributed by atoms with Crippen LogP contribution in [-0.4, -0.2) is 44.3 Å². The molecule has 7 heteroatoms. The highest BCUT2D eigenvalue weighted by Gasteiger charge is 2.10. The maximum absolute atomic E-state index is 10.0. The van der Waals surface area contributed by atoms with Gasteiger partial charge in [-0.1, -0.05) is 6.07 Å². The highest BCUT2D eigenvalue weighted by Crippen LogP contribution is 2.26. The van der Waals surface area contributed by atoms with Crippen molar-refractivity contribution in [3.8, 4) is 5.75 Å². The average molecular weight is 315 g/mol. The normalized spacial score (nSPS) is 12.7. The monoisotopic (exact) mass is 315 g/mol. The predicted molar refractivity (Wildman–Crippen MR) is 87.2 cm³/mol. The molecule has 0 amide bonds. The van der Waals surface area contributed by atoms with Crippen molar-refractivity contribution in [2.24, 2.45) is 7.05 Å². The third-order valence-electron chi connectivity index (χ3n) is 3.61. The van der Waals surface area contributed by atoms with Gasteiger partial charge in [0.05, 0.1) is 16.6 Å². The van der Waals surface area contributed by atoms with Crippen molar-refractivity contribution >= 4 is 10.9 Å². The van der Waals surface area contributed by atoms with Crippen molar-refractivity contribution in [1.29, 1.82) is 0 Å². The molecule has 0 radical (unpaired) electrons. The molecule has 3 rings (SSSR count). The zero-order valence-electron chi connectivity index (χ0n) is 13.3. The third kappa shape index (κ3) is 3.69. The molecule has 1 atom stereocenters. The first-order valence-electron chi connectivity index (χ1n) is 7.57. The molecule has 0 saturated heterocycles. The molecule has 0 saturated carbocycles. The lowest BCUT2D eigenvalue weighted by Gasteiger charge is -2.13. The first kappa shape index (κ1) is 15.5. The van der Waals surface area contributed by atoms with Gasteiger partial charge in [-0.3, -0.25) is 9.78 Å². The van der Waals surface area contributed by atoms with E-state index in [-0.39, 0.29) is 6.61 Å². The van der Waals surface area contributed by atoms with E-state index in [0.717, 1.165) is 28.0 Å². The van der Waals surface area contributed by atoms with Gasteiger partial charge in [0.15, 0.2) is 0 Å². The molecule has 0 aliphatic carbocycles. The topological polar surface area (TPSA) is 88.0 Å². The number of aromatic nitrogens is 4. The summed E-state index contributed by atoms with van der Waals surface area (Å²) in [4.78, 5) is 0. The Morgan fingerprint density at radius 3 is 3.04 bits per heavy atom. The molecular formula is C16H21N5O2. The zero-order chi connectivity index (χ0) is 16.2. The van der Waals surface area contributed by atoms with Crippen LogP contribution in [0.2, 0.25) is 0 Å². The molecule has 2 heterocycles. The fourth-order valence-electron chi connectivity index (χ4n) is 2.48. The van der Waals surface area contributed by atoms with E-state index in [2.05, 4.69) is 20.6 Å². The van der Waals surface area contributed by atoms with E-state index < -0.39 is 6.10 Å². The van der Waals surface area contributed by atoms with E-state index in [9.17, 15) is 5.11 Å². The van der Waals surface area contributed by atoms with Gasteiger partial charge in [0.25, 0.3) is 0 Å². The van der Waals surface area contributed by atoms with E-state index in [1.54, 1.807) is 4.68 Å². The van der Waals surface area contributed by atoms with E-state index in [0.29, 0.717) is 13.1 Å². The summed E-state index contributed by atoms with van der Waals surface area (Å²) in [5, 5.41) is 25.6. The molecule has 7 nitrogen and oxygen atoms in total. The van der Waals surface area contributed by atoms with Crippen LogP contribution in [0.4, 0.5) is 0 Å². The smallest absolute Gasteiger partial charge is 0.130 e. The van der Waals surface area contributed by atoms with Crippen molar-refractivity contribution in [3.05, 3.63) is 41.9 Å². The summed E-state index contributed by atoms with van der Waals surface area (Å²) in [6.45, 7) is 3.23. The minimum atomic E-state index is -0.596. The van der Waals surface area contributed by atoms with Crippen LogP contribution in [0.5, 0.6) is 5.75 Å². The molecule has 2 aromatic heterocycles.